The summed E-state index contributed by atoms with van der Waals surface area (Å²) >= 11 is 0. The van der Waals surface area contributed by atoms with Crippen molar-refractivity contribution >= 4 is 44.0 Å². The highest BCUT2D eigenvalue weighted by atomic mass is 15.1. The number of aromatic nitrogens is 1. The summed E-state index contributed by atoms with van der Waals surface area (Å²) in [6.07, 6.45) is 8.06. The number of allylic oxidation sites excluding steroid dienone is 3. The second-order valence-electron chi connectivity index (χ2n) is 18.8. The normalized spacial score (nSPS) is 13.4. The Kier molecular flexibility index (Phi) is 11.1. The molecule has 1 atom stereocenters. The average Bonchev–Trinajstić information content (AvgIpc) is 3.81. The third-order valence-corrected chi connectivity index (χ3v) is 14.5. The van der Waals surface area contributed by atoms with Gasteiger partial charge in [-0.3, -0.25) is 0 Å². The minimum absolute atomic E-state index is 0.278. The predicted octanol–water partition coefficient (Wildman–Crippen LogP) is 19.0. The van der Waals surface area contributed by atoms with E-state index in [2.05, 4.69) is 295 Å². The molecule has 0 spiro atoms. The zero-order valence-electron chi connectivity index (χ0n) is 39.8. The Morgan fingerprint density at radius 3 is 1.60 bits per heavy atom. The molecule has 0 radical (unpaired) electrons. The number of hydrogen-bond donors (Lipinski definition) is 0. The Labute approximate surface area is 421 Å². The molecule has 0 N–H and O–H groups in total. The van der Waals surface area contributed by atoms with Gasteiger partial charge in [0.15, 0.2) is 0 Å². The largest absolute Gasteiger partial charge is 0.311 e. The first-order valence-electron chi connectivity index (χ1n) is 25.0. The zero-order chi connectivity index (χ0) is 47.8. The first kappa shape index (κ1) is 42.8. The van der Waals surface area contributed by atoms with E-state index in [1.807, 2.05) is 0 Å². The van der Waals surface area contributed by atoms with Crippen LogP contribution in [0.3, 0.4) is 0 Å². The third kappa shape index (κ3) is 7.99. The molecule has 12 aromatic rings. The van der Waals surface area contributed by atoms with Gasteiger partial charge in [0.05, 0.1) is 11.0 Å². The molecule has 0 saturated heterocycles. The molecule has 0 aliphatic heterocycles. The van der Waals surface area contributed by atoms with Gasteiger partial charge < -0.3 is 9.47 Å². The first-order chi connectivity index (χ1) is 35.7. The Bertz CT molecular complexity index is 3930. The molecule has 2 heteroatoms. The molecule has 1 unspecified atom stereocenters. The maximum atomic E-state index is 2.43. The monoisotopic (exact) mass is 918 g/mol. The molecule has 1 heterocycles. The maximum Gasteiger partial charge on any atom is 0.0547 e. The molecule has 11 aromatic carbocycles. The van der Waals surface area contributed by atoms with Crippen molar-refractivity contribution in [3.05, 3.63) is 296 Å². The van der Waals surface area contributed by atoms with E-state index in [9.17, 15) is 0 Å². The molecule has 0 saturated carbocycles. The lowest BCUT2D eigenvalue weighted by Gasteiger charge is -2.30. The van der Waals surface area contributed by atoms with Crippen LogP contribution in [0, 0.1) is 0 Å². The molecule has 1 aliphatic carbocycles. The quantitative estimate of drug-likeness (QED) is 0.133. The van der Waals surface area contributed by atoms with Crippen LogP contribution in [-0.2, 0) is 0 Å². The lowest BCUT2D eigenvalue weighted by Crippen LogP contribution is -2.17. The van der Waals surface area contributed by atoms with Crippen LogP contribution in [0.4, 0.5) is 11.4 Å². The Morgan fingerprint density at radius 2 is 0.889 bits per heavy atom. The molecule has 13 rings (SSSR count). The topological polar surface area (TPSA) is 8.17 Å². The van der Waals surface area contributed by atoms with Crippen molar-refractivity contribution in [2.75, 3.05) is 4.90 Å². The lowest BCUT2D eigenvalue weighted by atomic mass is 9.88. The summed E-state index contributed by atoms with van der Waals surface area (Å²) in [4.78, 5) is 2.43. The first-order valence-corrected chi connectivity index (χ1v) is 25.0. The summed E-state index contributed by atoms with van der Waals surface area (Å²) in [7, 11) is 0. The van der Waals surface area contributed by atoms with Gasteiger partial charge in [0.25, 0.3) is 0 Å². The molecule has 0 bridgehead atoms. The molecule has 0 fully saturated rings. The molecule has 2 nitrogen and oxygen atoms in total. The maximum absolute atomic E-state index is 2.43. The van der Waals surface area contributed by atoms with Crippen LogP contribution in [-0.4, -0.2) is 4.57 Å². The zero-order valence-corrected chi connectivity index (χ0v) is 39.8. The van der Waals surface area contributed by atoms with Crippen LogP contribution < -0.4 is 4.90 Å². The van der Waals surface area contributed by atoms with Crippen LogP contribution in [0.25, 0.3) is 93.9 Å². The molecule has 1 aromatic heterocycles. The van der Waals surface area contributed by atoms with Gasteiger partial charge in [0, 0.05) is 39.4 Å². The van der Waals surface area contributed by atoms with E-state index in [-0.39, 0.29) is 5.92 Å². The molecular weight excluding hydrogens is 869 g/mol. The van der Waals surface area contributed by atoms with Gasteiger partial charge in [-0.2, -0.15) is 0 Å². The van der Waals surface area contributed by atoms with Crippen molar-refractivity contribution in [2.24, 2.45) is 0 Å². The second-order valence-corrected chi connectivity index (χ2v) is 18.8. The molecule has 0 amide bonds. The third-order valence-electron chi connectivity index (χ3n) is 14.5. The van der Waals surface area contributed by atoms with E-state index in [4.69, 9.17) is 0 Å². The summed E-state index contributed by atoms with van der Waals surface area (Å²) in [5.74, 6) is 0.278. The Morgan fingerprint density at radius 1 is 0.361 bits per heavy atom. The molecule has 1 aliphatic rings. The summed E-state index contributed by atoms with van der Waals surface area (Å²) in [5.41, 5.74) is 20.2. The van der Waals surface area contributed by atoms with E-state index in [0.717, 1.165) is 34.7 Å². The number of fused-ring (bicyclic) bond motifs is 4. The van der Waals surface area contributed by atoms with Crippen molar-refractivity contribution in [3.8, 4) is 61.3 Å². The van der Waals surface area contributed by atoms with Gasteiger partial charge >= 0.3 is 0 Å². The predicted molar refractivity (Wildman–Crippen MR) is 305 cm³/mol. The molecular formula is C70H50N2. The second kappa shape index (κ2) is 18.6. The number of benzene rings is 11. The number of nitrogens with zero attached hydrogens (tertiary/aromatic N) is 2. The van der Waals surface area contributed by atoms with Crippen molar-refractivity contribution in [1.82, 2.24) is 4.57 Å². The van der Waals surface area contributed by atoms with E-state index < -0.39 is 0 Å². The van der Waals surface area contributed by atoms with Gasteiger partial charge in [-0.05, 0) is 157 Å². The van der Waals surface area contributed by atoms with E-state index in [0.29, 0.717) is 0 Å². The summed E-state index contributed by atoms with van der Waals surface area (Å²) in [5, 5.41) is 5.11. The lowest BCUT2D eigenvalue weighted by molar-refractivity contribution is 0.847. The Hall–Kier alpha value is -9.24. The van der Waals surface area contributed by atoms with E-state index in [1.54, 1.807) is 0 Å². The number of anilines is 2. The fourth-order valence-electron chi connectivity index (χ4n) is 11.0. The minimum Gasteiger partial charge on any atom is -0.311 e. The van der Waals surface area contributed by atoms with Crippen molar-refractivity contribution in [3.63, 3.8) is 0 Å². The van der Waals surface area contributed by atoms with Gasteiger partial charge in [-0.1, -0.05) is 206 Å². The fourth-order valence-corrected chi connectivity index (χ4v) is 11.0. The smallest absolute Gasteiger partial charge is 0.0547 e. The Balaban J connectivity index is 0.896. The van der Waals surface area contributed by atoms with Crippen molar-refractivity contribution < 1.29 is 0 Å². The number of rotatable bonds is 10. The number of hydrogen-bond acceptors (Lipinski definition) is 1. The van der Waals surface area contributed by atoms with Gasteiger partial charge in [-0.25, -0.2) is 0 Å². The highest BCUT2D eigenvalue weighted by molar-refractivity contribution is 6.16. The van der Waals surface area contributed by atoms with Gasteiger partial charge in [0.1, 0.15) is 0 Å². The SMILES string of the molecule is C1=CC(c2cccc3ccccc23)CC=C1N(c1ccc(-c2cc(-c3ccccc3)cc(-c3ccccc3)c2)cc1)c1cccc(-c2cccc(-c3cccc4c3c3ccccc3n4-c3ccccc3)c2)c1. The van der Waals surface area contributed by atoms with E-state index in [1.165, 1.54) is 88.2 Å². The van der Waals surface area contributed by atoms with Crippen molar-refractivity contribution in [1.29, 1.82) is 0 Å². The summed E-state index contributed by atoms with van der Waals surface area (Å²) in [6.45, 7) is 0. The highest BCUT2D eigenvalue weighted by Crippen LogP contribution is 2.42. The summed E-state index contributed by atoms with van der Waals surface area (Å²) in [6, 6.07) is 97.3. The van der Waals surface area contributed by atoms with Crippen LogP contribution in [0.15, 0.2) is 291 Å². The highest BCUT2D eigenvalue weighted by Gasteiger charge is 2.21. The van der Waals surface area contributed by atoms with Crippen LogP contribution in [0.1, 0.15) is 17.9 Å². The van der Waals surface area contributed by atoms with Crippen LogP contribution in [0.2, 0.25) is 0 Å². The van der Waals surface area contributed by atoms with Crippen molar-refractivity contribution in [2.45, 2.75) is 12.3 Å². The number of para-hydroxylation sites is 2. The van der Waals surface area contributed by atoms with E-state index >= 15 is 0 Å². The average molecular weight is 919 g/mol. The fraction of sp³-hybridized carbons (Fsp3) is 0.0286. The van der Waals surface area contributed by atoms with Gasteiger partial charge in [0.2, 0.25) is 0 Å². The minimum atomic E-state index is 0.278. The standard InChI is InChI=1S/C70H50N2/c1-4-18-49(19-5-1)57-45-58(50-20-6-2-7-21-50)47-59(46-57)51-36-40-61(41-37-51)71(62-42-38-53(39-43-62)65-32-16-23-52-22-10-11-30-64(52)65)63-29-15-25-55(48-63)54-24-14-26-56(44-54)66-33-17-35-69-70(66)67-31-12-13-34-68(67)72(69)60-27-8-3-9-28-60/h1-38,40-48,53H,39H2. The molecule has 72 heavy (non-hydrogen) atoms. The summed E-state index contributed by atoms with van der Waals surface area (Å²) < 4.78 is 2.39. The van der Waals surface area contributed by atoms with Crippen LogP contribution in [0.5, 0.6) is 0 Å². The van der Waals surface area contributed by atoms with Crippen LogP contribution >= 0.6 is 0 Å². The van der Waals surface area contributed by atoms with Gasteiger partial charge in [-0.15, -0.1) is 0 Å². The molecule has 340 valence electrons.